The number of amides is 1. The molecule has 0 bridgehead atoms. The molecule has 2 heterocycles. The lowest BCUT2D eigenvalue weighted by Gasteiger charge is -2.36. The molecule has 3 aromatic rings. The molecule has 1 fully saturated rings. The number of carbonyl (C=O) groups excluding carboxylic acids is 1. The van der Waals surface area contributed by atoms with Crippen molar-refractivity contribution < 1.29 is 4.79 Å². The lowest BCUT2D eigenvalue weighted by molar-refractivity contribution is 0.0633. The van der Waals surface area contributed by atoms with Gasteiger partial charge in [0, 0.05) is 19.3 Å². The SMILES string of the molecule is C[C@H]1CCCC[C@H]1N(C)C(=O)c1cn2c(nc3ccccc32)s1. The van der Waals surface area contributed by atoms with E-state index in [4.69, 9.17) is 0 Å². The summed E-state index contributed by atoms with van der Waals surface area (Å²) < 4.78 is 2.03. The number of hydrogen-bond acceptors (Lipinski definition) is 3. The largest absolute Gasteiger partial charge is 0.338 e. The Morgan fingerprint density at radius 2 is 2.09 bits per heavy atom. The summed E-state index contributed by atoms with van der Waals surface area (Å²) in [5.41, 5.74) is 2.04. The number of carbonyl (C=O) groups is 1. The molecule has 120 valence electrons. The standard InChI is InChI=1S/C18H21N3OS/c1-12-7-3-5-9-14(12)20(2)17(22)16-11-21-15-10-6-4-8-13(15)19-18(21)23-16/h4,6,8,10-12,14H,3,5,7,9H2,1-2H3/t12-,14+/m0/s1. The molecule has 5 heteroatoms. The lowest BCUT2D eigenvalue weighted by Crippen LogP contribution is -2.42. The molecular weight excluding hydrogens is 306 g/mol. The molecule has 1 aromatic carbocycles. The van der Waals surface area contributed by atoms with Crippen molar-refractivity contribution in [2.24, 2.45) is 5.92 Å². The Hall–Kier alpha value is -1.88. The Kier molecular flexibility index (Phi) is 3.60. The molecule has 4 nitrogen and oxygen atoms in total. The summed E-state index contributed by atoms with van der Waals surface area (Å²) >= 11 is 1.49. The molecule has 0 N–H and O–H groups in total. The first-order valence-corrected chi connectivity index (χ1v) is 9.10. The summed E-state index contributed by atoms with van der Waals surface area (Å²) in [6.45, 7) is 2.27. The quantitative estimate of drug-likeness (QED) is 0.707. The number of thiazole rings is 1. The van der Waals surface area contributed by atoms with Crippen molar-refractivity contribution in [2.75, 3.05) is 7.05 Å². The number of hydrogen-bond donors (Lipinski definition) is 0. The third-order valence-electron chi connectivity index (χ3n) is 5.11. The molecular formula is C18H21N3OS. The third kappa shape index (κ3) is 2.43. The smallest absolute Gasteiger partial charge is 0.265 e. The average Bonchev–Trinajstić information content (AvgIpc) is 3.11. The van der Waals surface area contributed by atoms with Gasteiger partial charge in [-0.05, 0) is 30.9 Å². The van der Waals surface area contributed by atoms with Crippen LogP contribution in [-0.4, -0.2) is 33.3 Å². The van der Waals surface area contributed by atoms with Gasteiger partial charge in [-0.1, -0.05) is 43.2 Å². The van der Waals surface area contributed by atoms with Crippen LogP contribution in [0.2, 0.25) is 0 Å². The maximum Gasteiger partial charge on any atom is 0.265 e. The van der Waals surface area contributed by atoms with Crippen molar-refractivity contribution in [1.29, 1.82) is 0 Å². The van der Waals surface area contributed by atoms with Crippen LogP contribution in [0.3, 0.4) is 0 Å². The molecule has 0 unspecified atom stereocenters. The van der Waals surface area contributed by atoms with Crippen molar-refractivity contribution in [1.82, 2.24) is 14.3 Å². The van der Waals surface area contributed by atoms with Gasteiger partial charge in [-0.25, -0.2) is 4.98 Å². The highest BCUT2D eigenvalue weighted by Crippen LogP contribution is 2.30. The summed E-state index contributed by atoms with van der Waals surface area (Å²) in [5.74, 6) is 0.714. The van der Waals surface area contributed by atoms with Crippen LogP contribution in [0.1, 0.15) is 42.3 Å². The number of imidazole rings is 1. The van der Waals surface area contributed by atoms with E-state index in [0.717, 1.165) is 27.3 Å². The highest BCUT2D eigenvalue weighted by atomic mass is 32.1. The zero-order valence-corrected chi connectivity index (χ0v) is 14.3. The maximum atomic E-state index is 12.9. The van der Waals surface area contributed by atoms with Crippen LogP contribution in [0.4, 0.5) is 0 Å². The fourth-order valence-electron chi connectivity index (χ4n) is 3.76. The van der Waals surface area contributed by atoms with E-state index in [2.05, 4.69) is 11.9 Å². The van der Waals surface area contributed by atoms with Crippen LogP contribution in [0.15, 0.2) is 30.5 Å². The minimum Gasteiger partial charge on any atom is -0.338 e. The number of nitrogens with zero attached hydrogens (tertiary/aromatic N) is 3. The second-order valence-electron chi connectivity index (χ2n) is 6.59. The summed E-state index contributed by atoms with van der Waals surface area (Å²) in [4.78, 5) is 21.1. The van der Waals surface area contributed by atoms with Gasteiger partial charge < -0.3 is 4.90 Å². The molecule has 23 heavy (non-hydrogen) atoms. The molecule has 0 saturated heterocycles. The van der Waals surface area contributed by atoms with E-state index >= 15 is 0 Å². The first kappa shape index (κ1) is 14.7. The van der Waals surface area contributed by atoms with E-state index in [1.54, 1.807) is 0 Å². The lowest BCUT2D eigenvalue weighted by atomic mass is 9.85. The van der Waals surface area contributed by atoms with Gasteiger partial charge in [-0.15, -0.1) is 0 Å². The van der Waals surface area contributed by atoms with Gasteiger partial charge in [0.15, 0.2) is 4.96 Å². The third-order valence-corrected chi connectivity index (χ3v) is 6.08. The molecule has 0 radical (unpaired) electrons. The second kappa shape index (κ2) is 5.64. The summed E-state index contributed by atoms with van der Waals surface area (Å²) in [6.07, 6.45) is 6.81. The fraction of sp³-hybridized carbons (Fsp3) is 0.444. The summed E-state index contributed by atoms with van der Waals surface area (Å²) in [7, 11) is 1.95. The van der Waals surface area contributed by atoms with Crippen LogP contribution in [0.25, 0.3) is 16.0 Å². The fourth-order valence-corrected chi connectivity index (χ4v) is 4.74. The van der Waals surface area contributed by atoms with Crippen molar-refractivity contribution in [3.8, 4) is 0 Å². The van der Waals surface area contributed by atoms with E-state index in [1.165, 1.54) is 30.6 Å². The second-order valence-corrected chi connectivity index (χ2v) is 7.60. The molecule has 1 saturated carbocycles. The Bertz CT molecular complexity index is 866. The van der Waals surface area contributed by atoms with Crippen LogP contribution in [0.5, 0.6) is 0 Å². The Morgan fingerprint density at radius 3 is 2.91 bits per heavy atom. The van der Waals surface area contributed by atoms with E-state index < -0.39 is 0 Å². The van der Waals surface area contributed by atoms with Crippen LogP contribution in [-0.2, 0) is 0 Å². The number of benzene rings is 1. The van der Waals surface area contributed by atoms with E-state index in [1.807, 2.05) is 46.8 Å². The number of fused-ring (bicyclic) bond motifs is 3. The predicted octanol–water partition coefficient (Wildman–Crippen LogP) is 4.20. The maximum absolute atomic E-state index is 12.9. The van der Waals surface area contributed by atoms with Gasteiger partial charge >= 0.3 is 0 Å². The monoisotopic (exact) mass is 327 g/mol. The van der Waals surface area contributed by atoms with Crippen LogP contribution in [0, 0.1) is 5.92 Å². The molecule has 1 aliphatic carbocycles. The van der Waals surface area contributed by atoms with Crippen molar-refractivity contribution in [3.63, 3.8) is 0 Å². The summed E-state index contributed by atoms with van der Waals surface area (Å²) in [6, 6.07) is 8.41. The molecule has 0 aliphatic heterocycles. The van der Waals surface area contributed by atoms with Gasteiger partial charge in [-0.2, -0.15) is 0 Å². The van der Waals surface area contributed by atoms with Crippen LogP contribution < -0.4 is 0 Å². The van der Waals surface area contributed by atoms with Gasteiger partial charge in [0.2, 0.25) is 0 Å². The van der Waals surface area contributed by atoms with Crippen molar-refractivity contribution >= 4 is 33.2 Å². The highest BCUT2D eigenvalue weighted by Gasteiger charge is 2.29. The topological polar surface area (TPSA) is 37.6 Å². The number of rotatable bonds is 2. The van der Waals surface area contributed by atoms with Gasteiger partial charge in [-0.3, -0.25) is 9.20 Å². The molecule has 1 amide bonds. The highest BCUT2D eigenvalue weighted by molar-refractivity contribution is 7.18. The van der Waals surface area contributed by atoms with E-state index in [9.17, 15) is 4.79 Å². The Balaban J connectivity index is 1.66. The van der Waals surface area contributed by atoms with E-state index in [0.29, 0.717) is 12.0 Å². The van der Waals surface area contributed by atoms with Gasteiger partial charge in [0.25, 0.3) is 5.91 Å². The molecule has 0 spiro atoms. The number of para-hydroxylation sites is 2. The predicted molar refractivity (Wildman–Crippen MR) is 94.1 cm³/mol. The summed E-state index contributed by atoms with van der Waals surface area (Å²) in [5, 5.41) is 0. The minimum absolute atomic E-state index is 0.128. The van der Waals surface area contributed by atoms with Crippen molar-refractivity contribution in [2.45, 2.75) is 38.6 Å². The Morgan fingerprint density at radius 1 is 1.30 bits per heavy atom. The van der Waals surface area contributed by atoms with E-state index in [-0.39, 0.29) is 5.91 Å². The molecule has 4 rings (SSSR count). The van der Waals surface area contributed by atoms with Crippen LogP contribution >= 0.6 is 11.3 Å². The first-order chi connectivity index (χ1) is 11.1. The van der Waals surface area contributed by atoms with Gasteiger partial charge in [0.1, 0.15) is 4.88 Å². The zero-order valence-electron chi connectivity index (χ0n) is 13.5. The normalized spacial score (nSPS) is 21.8. The molecule has 1 aliphatic rings. The first-order valence-electron chi connectivity index (χ1n) is 8.29. The van der Waals surface area contributed by atoms with Gasteiger partial charge in [0.05, 0.1) is 11.0 Å². The minimum atomic E-state index is 0.128. The zero-order chi connectivity index (χ0) is 16.0. The van der Waals surface area contributed by atoms with Crippen molar-refractivity contribution in [3.05, 3.63) is 35.3 Å². The Labute approximate surface area is 139 Å². The number of aromatic nitrogens is 2. The molecule has 2 aromatic heterocycles. The molecule has 2 atom stereocenters. The average molecular weight is 327 g/mol.